The minimum Gasteiger partial charge on any atom is -0.368 e. The molecule has 2 unspecified atom stereocenters. The molecule has 0 saturated carbocycles. The Morgan fingerprint density at radius 3 is 3.00 bits per heavy atom. The summed E-state index contributed by atoms with van der Waals surface area (Å²) in [6.07, 6.45) is 2.91. The molecule has 2 heterocycles. The Balaban J connectivity index is 1.91. The lowest BCUT2D eigenvalue weighted by atomic mass is 10.2. The summed E-state index contributed by atoms with van der Waals surface area (Å²) in [7, 11) is 0. The molecule has 0 amide bonds. The zero-order chi connectivity index (χ0) is 11.5. The third kappa shape index (κ3) is 3.03. The van der Waals surface area contributed by atoms with Gasteiger partial charge in [-0.3, -0.25) is 0 Å². The van der Waals surface area contributed by atoms with Gasteiger partial charge in [-0.2, -0.15) is 0 Å². The molecule has 1 fully saturated rings. The zero-order valence-electron chi connectivity index (χ0n) is 10.2. The van der Waals surface area contributed by atoms with Gasteiger partial charge in [0.15, 0.2) is 0 Å². The lowest BCUT2D eigenvalue weighted by Gasteiger charge is -2.07. The number of nitrogens with zero attached hydrogens (tertiary/aromatic N) is 1. The number of hydrogen-bond donors (Lipinski definition) is 1. The minimum absolute atomic E-state index is 0.243. The molecule has 90 valence electrons. The highest BCUT2D eigenvalue weighted by Crippen LogP contribution is 2.33. The average Bonchev–Trinajstić information content (AvgIpc) is 2.83. The van der Waals surface area contributed by atoms with E-state index in [1.54, 1.807) is 11.3 Å². The molecule has 0 bridgehead atoms. The summed E-state index contributed by atoms with van der Waals surface area (Å²) in [6, 6.07) is 0.507. The first-order valence-corrected chi connectivity index (χ1v) is 6.86. The van der Waals surface area contributed by atoms with Crippen molar-refractivity contribution in [3.8, 4) is 0 Å². The number of aromatic nitrogens is 1. The number of ether oxygens (including phenoxy) is 1. The molecule has 1 saturated heterocycles. The van der Waals surface area contributed by atoms with Crippen molar-refractivity contribution in [2.75, 3.05) is 0 Å². The van der Waals surface area contributed by atoms with Crippen molar-refractivity contribution >= 4 is 11.3 Å². The van der Waals surface area contributed by atoms with E-state index >= 15 is 0 Å². The van der Waals surface area contributed by atoms with Crippen LogP contribution >= 0.6 is 11.3 Å². The van der Waals surface area contributed by atoms with Crippen LogP contribution in [-0.2, 0) is 11.3 Å². The minimum atomic E-state index is 0.243. The summed E-state index contributed by atoms with van der Waals surface area (Å²) in [6.45, 7) is 7.29. The van der Waals surface area contributed by atoms with E-state index < -0.39 is 0 Å². The van der Waals surface area contributed by atoms with Crippen LogP contribution in [0.25, 0.3) is 0 Å². The number of hydrogen-bond acceptors (Lipinski definition) is 4. The lowest BCUT2D eigenvalue weighted by molar-refractivity contribution is 0.0553. The number of nitrogens with one attached hydrogen (secondary N) is 1. The molecular weight excluding hydrogens is 220 g/mol. The van der Waals surface area contributed by atoms with E-state index in [0.29, 0.717) is 12.1 Å². The van der Waals surface area contributed by atoms with Crippen molar-refractivity contribution in [3.63, 3.8) is 0 Å². The van der Waals surface area contributed by atoms with E-state index in [2.05, 4.69) is 36.5 Å². The highest BCUT2D eigenvalue weighted by atomic mass is 32.1. The summed E-state index contributed by atoms with van der Waals surface area (Å²) in [4.78, 5) is 4.63. The second-order valence-electron chi connectivity index (χ2n) is 4.73. The smallest absolute Gasteiger partial charge is 0.122 e. The molecule has 0 aliphatic carbocycles. The zero-order valence-corrected chi connectivity index (χ0v) is 11.0. The Kier molecular flexibility index (Phi) is 3.95. The first-order chi connectivity index (χ1) is 7.65. The van der Waals surface area contributed by atoms with Gasteiger partial charge in [-0.1, -0.05) is 13.8 Å². The van der Waals surface area contributed by atoms with Crippen LogP contribution in [0, 0.1) is 0 Å². The van der Waals surface area contributed by atoms with Crippen LogP contribution in [0.1, 0.15) is 50.4 Å². The van der Waals surface area contributed by atoms with E-state index in [0.717, 1.165) is 30.1 Å². The van der Waals surface area contributed by atoms with Crippen molar-refractivity contribution in [1.29, 1.82) is 0 Å². The molecule has 1 N–H and O–H groups in total. The van der Waals surface area contributed by atoms with Crippen LogP contribution in [0.2, 0.25) is 0 Å². The largest absolute Gasteiger partial charge is 0.368 e. The molecule has 0 spiro atoms. The first kappa shape index (κ1) is 12.0. The first-order valence-electron chi connectivity index (χ1n) is 5.98. The fourth-order valence-electron chi connectivity index (χ4n) is 1.84. The highest BCUT2D eigenvalue weighted by Gasteiger charge is 2.25. The summed E-state index contributed by atoms with van der Waals surface area (Å²) in [5, 5.41) is 6.66. The quantitative estimate of drug-likeness (QED) is 0.878. The standard InChI is InChI=1S/C12H20N2OS/c1-8(2)13-6-10-7-16-12(14-10)11-5-4-9(3)15-11/h7-9,11,13H,4-6H2,1-3H3. The maximum atomic E-state index is 5.81. The van der Waals surface area contributed by atoms with Crippen molar-refractivity contribution < 1.29 is 4.74 Å². The molecule has 1 aromatic heterocycles. The SMILES string of the molecule is CC(C)NCc1csc(C2CCC(C)O2)n1. The van der Waals surface area contributed by atoms with Crippen LogP contribution in [0.3, 0.4) is 0 Å². The van der Waals surface area contributed by atoms with Gasteiger partial charge in [0.05, 0.1) is 11.8 Å². The molecule has 4 heteroatoms. The normalized spacial score (nSPS) is 25.5. The molecule has 2 atom stereocenters. The van der Waals surface area contributed by atoms with Crippen molar-refractivity contribution in [3.05, 3.63) is 16.1 Å². The van der Waals surface area contributed by atoms with E-state index in [1.165, 1.54) is 0 Å². The topological polar surface area (TPSA) is 34.1 Å². The third-order valence-corrected chi connectivity index (χ3v) is 3.75. The molecule has 16 heavy (non-hydrogen) atoms. The van der Waals surface area contributed by atoms with Gasteiger partial charge < -0.3 is 10.1 Å². The number of thiazole rings is 1. The Morgan fingerprint density at radius 1 is 1.56 bits per heavy atom. The monoisotopic (exact) mass is 240 g/mol. The van der Waals surface area contributed by atoms with Gasteiger partial charge in [0.1, 0.15) is 11.1 Å². The van der Waals surface area contributed by atoms with Crippen LogP contribution in [0.4, 0.5) is 0 Å². The third-order valence-electron chi connectivity index (χ3n) is 2.77. The Morgan fingerprint density at radius 2 is 2.38 bits per heavy atom. The van der Waals surface area contributed by atoms with E-state index in [9.17, 15) is 0 Å². The fraction of sp³-hybridized carbons (Fsp3) is 0.750. The van der Waals surface area contributed by atoms with E-state index in [-0.39, 0.29) is 6.10 Å². The predicted molar refractivity (Wildman–Crippen MR) is 66.6 cm³/mol. The van der Waals surface area contributed by atoms with Crippen LogP contribution < -0.4 is 5.32 Å². The van der Waals surface area contributed by atoms with Gasteiger partial charge in [0, 0.05) is 18.0 Å². The van der Waals surface area contributed by atoms with Gasteiger partial charge in [0.2, 0.25) is 0 Å². The highest BCUT2D eigenvalue weighted by molar-refractivity contribution is 7.09. The number of rotatable bonds is 4. The van der Waals surface area contributed by atoms with Gasteiger partial charge in [-0.15, -0.1) is 11.3 Å². The van der Waals surface area contributed by atoms with E-state index in [4.69, 9.17) is 4.74 Å². The van der Waals surface area contributed by atoms with Gasteiger partial charge in [-0.05, 0) is 19.8 Å². The van der Waals surface area contributed by atoms with Crippen molar-refractivity contribution in [1.82, 2.24) is 10.3 Å². The molecule has 1 aliphatic rings. The second kappa shape index (κ2) is 5.25. The molecule has 1 aliphatic heterocycles. The summed E-state index contributed by atoms with van der Waals surface area (Å²) in [5.41, 5.74) is 1.14. The maximum absolute atomic E-state index is 5.81. The molecule has 1 aromatic rings. The van der Waals surface area contributed by atoms with Crippen LogP contribution in [0.5, 0.6) is 0 Å². The van der Waals surface area contributed by atoms with Crippen LogP contribution in [0.15, 0.2) is 5.38 Å². The Bertz CT molecular complexity index is 338. The molecular formula is C12H20N2OS. The molecule has 3 nitrogen and oxygen atoms in total. The summed E-state index contributed by atoms with van der Waals surface area (Å²) in [5.74, 6) is 0. The lowest BCUT2D eigenvalue weighted by Crippen LogP contribution is -2.22. The molecule has 0 radical (unpaired) electrons. The van der Waals surface area contributed by atoms with Crippen molar-refractivity contribution in [2.45, 2.75) is 58.4 Å². The second-order valence-corrected chi connectivity index (χ2v) is 5.62. The van der Waals surface area contributed by atoms with Gasteiger partial charge >= 0.3 is 0 Å². The van der Waals surface area contributed by atoms with Crippen LogP contribution in [-0.4, -0.2) is 17.1 Å². The fourth-order valence-corrected chi connectivity index (χ4v) is 2.73. The Labute approximate surface area is 101 Å². The van der Waals surface area contributed by atoms with Gasteiger partial charge in [0.25, 0.3) is 0 Å². The van der Waals surface area contributed by atoms with Crippen molar-refractivity contribution in [2.24, 2.45) is 0 Å². The van der Waals surface area contributed by atoms with Gasteiger partial charge in [-0.25, -0.2) is 4.98 Å². The Hall–Kier alpha value is -0.450. The molecule has 0 aromatic carbocycles. The summed E-state index contributed by atoms with van der Waals surface area (Å²) < 4.78 is 5.81. The summed E-state index contributed by atoms with van der Waals surface area (Å²) >= 11 is 1.72. The predicted octanol–water partition coefficient (Wildman–Crippen LogP) is 2.88. The molecule has 2 rings (SSSR count). The maximum Gasteiger partial charge on any atom is 0.122 e. The van der Waals surface area contributed by atoms with E-state index in [1.807, 2.05) is 0 Å². The average molecular weight is 240 g/mol.